The van der Waals surface area contributed by atoms with Crippen LogP contribution in [0, 0.1) is 0 Å². The van der Waals surface area contributed by atoms with Gasteiger partial charge in [0.25, 0.3) is 0 Å². The molecule has 0 aromatic heterocycles. The Morgan fingerprint density at radius 3 is 2.18 bits per heavy atom. The van der Waals surface area contributed by atoms with Crippen LogP contribution < -0.4 is 19.9 Å². The van der Waals surface area contributed by atoms with Crippen LogP contribution in [-0.2, 0) is 24.8 Å². The Balaban J connectivity index is 2.21. The maximum absolute atomic E-state index is 12.4. The number of hydrogen-bond donors (Lipinski definition) is 3. The van der Waals surface area contributed by atoms with Gasteiger partial charge in [-0.1, -0.05) is 11.6 Å². The molecule has 0 radical (unpaired) electrons. The lowest BCUT2D eigenvalue weighted by molar-refractivity contribution is -0.117. The SMILES string of the molecule is COc1ccc(S(N)(=O)=O)cc1NC(=O)[C@H](C)NS(=O)(=O)c1ccc(Cl)cc1. The van der Waals surface area contributed by atoms with Crippen LogP contribution in [0.3, 0.4) is 0 Å². The smallest absolute Gasteiger partial charge is 0.242 e. The van der Waals surface area contributed by atoms with E-state index in [0.717, 1.165) is 6.07 Å². The van der Waals surface area contributed by atoms with Crippen LogP contribution in [0.15, 0.2) is 52.3 Å². The average molecular weight is 448 g/mol. The van der Waals surface area contributed by atoms with Gasteiger partial charge in [0.05, 0.1) is 28.6 Å². The van der Waals surface area contributed by atoms with E-state index in [1.807, 2.05) is 0 Å². The van der Waals surface area contributed by atoms with E-state index in [-0.39, 0.29) is 21.2 Å². The second-order valence-corrected chi connectivity index (χ2v) is 9.41. The van der Waals surface area contributed by atoms with Crippen molar-refractivity contribution in [1.29, 1.82) is 0 Å². The summed E-state index contributed by atoms with van der Waals surface area (Å²) >= 11 is 5.74. The van der Waals surface area contributed by atoms with Crippen molar-refractivity contribution < 1.29 is 26.4 Å². The molecular formula is C16H18ClN3O6S2. The van der Waals surface area contributed by atoms with Gasteiger partial charge in [-0.3, -0.25) is 4.79 Å². The summed E-state index contributed by atoms with van der Waals surface area (Å²) in [4.78, 5) is 12.1. The van der Waals surface area contributed by atoms with Gasteiger partial charge in [-0.05, 0) is 49.4 Å². The molecule has 0 unspecified atom stereocenters. The van der Waals surface area contributed by atoms with Crippen LogP contribution >= 0.6 is 11.6 Å². The third-order valence-corrected chi connectivity index (χ3v) is 6.33. The monoisotopic (exact) mass is 447 g/mol. The minimum atomic E-state index is -4.00. The Morgan fingerprint density at radius 2 is 1.64 bits per heavy atom. The van der Waals surface area contributed by atoms with Crippen molar-refractivity contribution in [3.63, 3.8) is 0 Å². The highest BCUT2D eigenvalue weighted by atomic mass is 35.5. The summed E-state index contributed by atoms with van der Waals surface area (Å²) in [5, 5.41) is 7.88. The standard InChI is InChI=1S/C16H18ClN3O6S2/c1-10(20-28(24,25)12-5-3-11(17)4-6-12)16(21)19-14-9-13(27(18,22)23)7-8-15(14)26-2/h3-10,20H,1-2H3,(H,19,21)(H2,18,22,23)/t10-/m0/s1. The third kappa shape index (κ3) is 5.42. The number of nitrogens with one attached hydrogen (secondary N) is 2. The van der Waals surface area contributed by atoms with Gasteiger partial charge in [0.15, 0.2) is 0 Å². The third-order valence-electron chi connectivity index (χ3n) is 3.61. The first-order valence-corrected chi connectivity index (χ1v) is 11.1. The van der Waals surface area contributed by atoms with Crippen molar-refractivity contribution in [3.05, 3.63) is 47.5 Å². The molecule has 4 N–H and O–H groups in total. The molecule has 0 saturated heterocycles. The number of ether oxygens (including phenoxy) is 1. The van der Waals surface area contributed by atoms with Gasteiger partial charge in [0, 0.05) is 5.02 Å². The summed E-state index contributed by atoms with van der Waals surface area (Å²) in [5.41, 5.74) is 0.0246. The van der Waals surface area contributed by atoms with Gasteiger partial charge in [-0.15, -0.1) is 0 Å². The minimum Gasteiger partial charge on any atom is -0.495 e. The molecule has 0 saturated carbocycles. The number of rotatable bonds is 7. The molecule has 0 aliphatic carbocycles. The number of sulfonamides is 2. The van der Waals surface area contributed by atoms with Crippen molar-refractivity contribution in [2.45, 2.75) is 22.8 Å². The molecule has 2 rings (SSSR count). The topological polar surface area (TPSA) is 145 Å². The number of benzene rings is 2. The maximum Gasteiger partial charge on any atom is 0.242 e. The predicted molar refractivity (Wildman–Crippen MR) is 104 cm³/mol. The number of nitrogens with two attached hydrogens (primary N) is 1. The van der Waals surface area contributed by atoms with Gasteiger partial charge in [-0.25, -0.2) is 22.0 Å². The fraction of sp³-hybridized carbons (Fsp3) is 0.188. The molecular weight excluding hydrogens is 430 g/mol. The quantitative estimate of drug-likeness (QED) is 0.583. The molecule has 9 nitrogen and oxygen atoms in total. The van der Waals surface area contributed by atoms with Crippen LogP contribution in [0.1, 0.15) is 6.92 Å². The first-order valence-electron chi connectivity index (χ1n) is 7.73. The Labute approximate surface area is 167 Å². The van der Waals surface area contributed by atoms with Gasteiger partial charge in [-0.2, -0.15) is 4.72 Å². The average Bonchev–Trinajstić information content (AvgIpc) is 2.60. The van der Waals surface area contributed by atoms with Crippen molar-refractivity contribution in [2.24, 2.45) is 5.14 Å². The summed E-state index contributed by atoms with van der Waals surface area (Å²) in [7, 11) is -6.65. The molecule has 12 heteroatoms. The number of hydrogen-bond acceptors (Lipinski definition) is 6. The lowest BCUT2D eigenvalue weighted by atomic mass is 10.2. The molecule has 1 amide bonds. The van der Waals surface area contributed by atoms with Crippen molar-refractivity contribution in [1.82, 2.24) is 4.72 Å². The van der Waals surface area contributed by atoms with E-state index in [1.54, 1.807) is 0 Å². The number of halogens is 1. The zero-order valence-electron chi connectivity index (χ0n) is 14.8. The molecule has 0 spiro atoms. The minimum absolute atomic E-state index is 0.0246. The number of anilines is 1. The Morgan fingerprint density at radius 1 is 1.07 bits per heavy atom. The van der Waals surface area contributed by atoms with Crippen molar-refractivity contribution >= 4 is 43.2 Å². The lowest BCUT2D eigenvalue weighted by Crippen LogP contribution is -2.41. The van der Waals surface area contributed by atoms with Crippen LogP contribution in [0.2, 0.25) is 5.02 Å². The Bertz CT molecular complexity index is 1090. The Kier molecular flexibility index (Phi) is 6.67. The van der Waals surface area contributed by atoms with Crippen molar-refractivity contribution in [2.75, 3.05) is 12.4 Å². The number of methoxy groups -OCH3 is 1. The number of amides is 1. The molecule has 2 aromatic rings. The van der Waals surface area contributed by atoms with E-state index in [4.69, 9.17) is 21.5 Å². The van der Waals surface area contributed by atoms with Crippen LogP contribution in [0.25, 0.3) is 0 Å². The molecule has 28 heavy (non-hydrogen) atoms. The number of carbonyl (C=O) groups is 1. The zero-order valence-corrected chi connectivity index (χ0v) is 17.2. The molecule has 0 aliphatic rings. The van der Waals surface area contributed by atoms with Crippen LogP contribution in [0.4, 0.5) is 5.69 Å². The second-order valence-electron chi connectivity index (χ2n) is 5.69. The fourth-order valence-electron chi connectivity index (χ4n) is 2.17. The number of carbonyl (C=O) groups excluding carboxylic acids is 1. The molecule has 0 heterocycles. The normalized spacial score (nSPS) is 13.0. The largest absolute Gasteiger partial charge is 0.495 e. The van der Waals surface area contributed by atoms with E-state index >= 15 is 0 Å². The molecule has 152 valence electrons. The predicted octanol–water partition coefficient (Wildman–Crippen LogP) is 1.30. The van der Waals surface area contributed by atoms with Gasteiger partial charge >= 0.3 is 0 Å². The molecule has 0 fully saturated rings. The van der Waals surface area contributed by atoms with Gasteiger partial charge < -0.3 is 10.1 Å². The van der Waals surface area contributed by atoms with E-state index in [0.29, 0.717) is 5.02 Å². The molecule has 1 atom stereocenters. The van der Waals surface area contributed by atoms with Crippen LogP contribution in [-0.4, -0.2) is 35.9 Å². The second kappa shape index (κ2) is 8.45. The highest BCUT2D eigenvalue weighted by molar-refractivity contribution is 7.89. The first-order chi connectivity index (χ1) is 12.9. The van der Waals surface area contributed by atoms with Crippen molar-refractivity contribution in [3.8, 4) is 5.75 Å². The Hall–Kier alpha value is -2.18. The molecule has 0 bridgehead atoms. The van der Waals surface area contributed by atoms with Gasteiger partial charge in [0.2, 0.25) is 26.0 Å². The summed E-state index contributed by atoms with van der Waals surface area (Å²) < 4.78 is 55.0. The van der Waals surface area contributed by atoms with E-state index in [2.05, 4.69) is 10.0 Å². The molecule has 2 aromatic carbocycles. The number of primary sulfonamides is 1. The van der Waals surface area contributed by atoms with Gasteiger partial charge in [0.1, 0.15) is 5.75 Å². The summed E-state index contributed by atoms with van der Waals surface area (Å²) in [6.45, 7) is 1.33. The van der Waals surface area contributed by atoms with Crippen LogP contribution in [0.5, 0.6) is 5.75 Å². The molecule has 0 aliphatic heterocycles. The van der Waals surface area contributed by atoms with E-state index in [1.165, 1.54) is 50.4 Å². The maximum atomic E-state index is 12.4. The summed E-state index contributed by atoms with van der Waals surface area (Å²) in [6, 6.07) is 7.89. The first kappa shape index (κ1) is 22.1. The lowest BCUT2D eigenvalue weighted by Gasteiger charge is -2.16. The van der Waals surface area contributed by atoms with E-state index in [9.17, 15) is 21.6 Å². The zero-order chi connectivity index (χ0) is 21.1. The highest BCUT2D eigenvalue weighted by Crippen LogP contribution is 2.27. The fourth-order valence-corrected chi connectivity index (χ4v) is 4.04. The summed E-state index contributed by atoms with van der Waals surface area (Å²) in [6.07, 6.45) is 0. The van der Waals surface area contributed by atoms with E-state index < -0.39 is 32.0 Å². The highest BCUT2D eigenvalue weighted by Gasteiger charge is 2.23. The summed E-state index contributed by atoms with van der Waals surface area (Å²) in [5.74, 6) is -0.559.